The van der Waals surface area contributed by atoms with E-state index < -0.39 is 70.5 Å². The number of carbonyl (C=O) groups is 5. The van der Waals surface area contributed by atoms with E-state index in [0.717, 1.165) is 12.1 Å². The number of imide groups is 4. The van der Waals surface area contributed by atoms with Crippen LogP contribution in [-0.4, -0.2) is 66.1 Å². The molecule has 258 valence electrons. The first-order valence-corrected chi connectivity index (χ1v) is 16.1. The molecule has 7 rings (SSSR count). The van der Waals surface area contributed by atoms with Gasteiger partial charge in [0.2, 0.25) is 11.8 Å². The van der Waals surface area contributed by atoms with E-state index in [9.17, 15) is 28.7 Å². The summed E-state index contributed by atoms with van der Waals surface area (Å²) >= 11 is 6.31. The second kappa shape index (κ2) is 12.2. The first kappa shape index (κ1) is 33.1. The van der Waals surface area contributed by atoms with Crippen LogP contribution in [-0.2, 0) is 29.3 Å². The Kier molecular flexibility index (Phi) is 8.05. The van der Waals surface area contributed by atoms with Crippen molar-refractivity contribution < 1.29 is 47.7 Å². The third-order valence-corrected chi connectivity index (χ3v) is 10.7. The van der Waals surface area contributed by atoms with E-state index >= 15 is 4.79 Å². The maximum atomic E-state index is 15.2. The van der Waals surface area contributed by atoms with Gasteiger partial charge in [0, 0.05) is 28.6 Å². The molecule has 2 saturated heterocycles. The number of halogens is 2. The summed E-state index contributed by atoms with van der Waals surface area (Å²) in [7, 11) is 3.86. The van der Waals surface area contributed by atoms with Crippen LogP contribution in [0.25, 0.3) is 0 Å². The van der Waals surface area contributed by atoms with Gasteiger partial charge in [0.25, 0.3) is 11.8 Å². The number of nitrogens with zero attached hydrogens (tertiary/aromatic N) is 2. The smallest absolute Gasteiger partial charge is 0.423 e. The molecule has 2 aliphatic carbocycles. The predicted octanol–water partition coefficient (Wildman–Crippen LogP) is 4.95. The highest BCUT2D eigenvalue weighted by atomic mass is 35.5. The van der Waals surface area contributed by atoms with Gasteiger partial charge in [-0.05, 0) is 60.7 Å². The van der Waals surface area contributed by atoms with Gasteiger partial charge in [-0.1, -0.05) is 35.4 Å². The number of hydrogen-bond acceptors (Lipinski definition) is 10. The minimum Gasteiger partial charge on any atom is -0.507 e. The Hall–Kier alpha value is -5.43. The van der Waals surface area contributed by atoms with Crippen molar-refractivity contribution >= 4 is 47.0 Å². The lowest BCUT2D eigenvalue weighted by molar-refractivity contribution is -0.140. The van der Waals surface area contributed by atoms with E-state index in [1.165, 1.54) is 50.6 Å². The second-order valence-corrected chi connectivity index (χ2v) is 13.1. The van der Waals surface area contributed by atoms with Crippen molar-refractivity contribution in [3.8, 4) is 17.2 Å². The lowest BCUT2D eigenvalue weighted by Gasteiger charge is -2.50. The molecule has 50 heavy (non-hydrogen) atoms. The molecule has 14 heteroatoms. The molecule has 2 aliphatic heterocycles. The Morgan fingerprint density at radius 3 is 2.28 bits per heavy atom. The van der Waals surface area contributed by atoms with Gasteiger partial charge in [0.05, 0.1) is 50.2 Å². The van der Waals surface area contributed by atoms with Gasteiger partial charge in [0.1, 0.15) is 23.1 Å². The Bertz CT molecular complexity index is 1990. The standard InChI is InChI=1S/C36H31ClFN3O9/c1-48-21-14-26(42)29(27(15-21)49-2)30-22-12-13-23-28(33(45)40(31(23)43)35(47)50-3)24(22)16-25-32(44)41(39-20-10-8-19(38)9-11-20)34(46)36(25,30)17-4-6-18(37)7-5-17/h4-12,14-15,23-25,28,30,39,42H,13,16H2,1-3H3/t23-,24+,25-,28-,30+,36+/m0/s1. The number of fused-ring (bicyclic) bond motifs is 4. The van der Waals surface area contributed by atoms with Crippen LogP contribution >= 0.6 is 11.6 Å². The molecule has 6 atom stereocenters. The van der Waals surface area contributed by atoms with E-state index in [1.807, 2.05) is 0 Å². The van der Waals surface area contributed by atoms with E-state index in [1.54, 1.807) is 30.3 Å². The average molecular weight is 704 g/mol. The Balaban J connectivity index is 1.50. The van der Waals surface area contributed by atoms with E-state index in [0.29, 0.717) is 21.1 Å². The van der Waals surface area contributed by atoms with Gasteiger partial charge in [-0.15, -0.1) is 0 Å². The van der Waals surface area contributed by atoms with Crippen molar-refractivity contribution in [2.45, 2.75) is 24.2 Å². The summed E-state index contributed by atoms with van der Waals surface area (Å²) in [5.74, 6) is -8.44. The molecule has 0 aromatic heterocycles. The van der Waals surface area contributed by atoms with Crippen molar-refractivity contribution in [3.63, 3.8) is 0 Å². The first-order chi connectivity index (χ1) is 24.0. The fraction of sp³-hybridized carbons (Fsp3) is 0.306. The molecule has 0 unspecified atom stereocenters. The summed E-state index contributed by atoms with van der Waals surface area (Å²) in [5.41, 5.74) is 2.39. The zero-order valence-corrected chi connectivity index (χ0v) is 27.8. The highest BCUT2D eigenvalue weighted by Crippen LogP contribution is 2.66. The van der Waals surface area contributed by atoms with Crippen molar-refractivity contribution in [1.82, 2.24) is 9.91 Å². The number of phenolic OH excluding ortho intramolecular Hbond substituents is 1. The van der Waals surface area contributed by atoms with E-state index in [-0.39, 0.29) is 41.3 Å². The maximum absolute atomic E-state index is 15.2. The Labute approximate surface area is 290 Å². The average Bonchev–Trinajstić information content (AvgIpc) is 3.49. The SMILES string of the molecule is COC(=O)N1C(=O)[C@H]2[C@H](CC=C3[C@H]2C[C@H]2C(=O)N(Nc4ccc(F)cc4)C(=O)[C@@]2(c2ccc(Cl)cc2)[C@H]3c2c(O)cc(OC)cc2OC)C1=O. The summed E-state index contributed by atoms with van der Waals surface area (Å²) in [5, 5.41) is 13.0. The van der Waals surface area contributed by atoms with E-state index in [4.69, 9.17) is 25.8 Å². The monoisotopic (exact) mass is 703 g/mol. The molecule has 0 spiro atoms. The number of amides is 5. The van der Waals surface area contributed by atoms with E-state index in [2.05, 4.69) is 5.43 Å². The molecular weight excluding hydrogens is 673 g/mol. The number of nitrogens with one attached hydrogen (secondary N) is 1. The van der Waals surface area contributed by atoms with Crippen molar-refractivity contribution in [2.75, 3.05) is 26.8 Å². The fourth-order valence-corrected chi connectivity index (χ4v) is 8.53. The van der Waals surface area contributed by atoms with Crippen molar-refractivity contribution in [2.24, 2.45) is 23.7 Å². The molecule has 2 heterocycles. The fourth-order valence-electron chi connectivity index (χ4n) is 8.40. The van der Waals surface area contributed by atoms with Gasteiger partial charge in [-0.3, -0.25) is 24.6 Å². The number of aromatic hydroxyl groups is 1. The molecule has 0 bridgehead atoms. The van der Waals surface area contributed by atoms with Gasteiger partial charge in [0.15, 0.2) is 0 Å². The zero-order chi connectivity index (χ0) is 35.6. The van der Waals surface area contributed by atoms with Crippen molar-refractivity contribution in [1.29, 1.82) is 0 Å². The molecular formula is C36H31ClFN3O9. The van der Waals surface area contributed by atoms with Crippen LogP contribution in [0.4, 0.5) is 14.9 Å². The largest absolute Gasteiger partial charge is 0.507 e. The van der Waals surface area contributed by atoms with Gasteiger partial charge in [-0.2, -0.15) is 9.91 Å². The lowest BCUT2D eigenvalue weighted by Crippen LogP contribution is -2.53. The normalized spacial score (nSPS) is 27.0. The third kappa shape index (κ3) is 4.67. The number of rotatable bonds is 6. The van der Waals surface area contributed by atoms with Crippen LogP contribution in [0.1, 0.15) is 29.9 Å². The number of carbonyl (C=O) groups excluding carboxylic acids is 5. The molecule has 3 aromatic rings. The predicted molar refractivity (Wildman–Crippen MR) is 174 cm³/mol. The van der Waals surface area contributed by atoms with Gasteiger partial charge in [-0.25, -0.2) is 9.18 Å². The van der Waals surface area contributed by atoms with Crippen LogP contribution in [0.5, 0.6) is 17.2 Å². The van der Waals surface area contributed by atoms with Crippen LogP contribution in [0.3, 0.4) is 0 Å². The molecule has 4 aliphatic rings. The molecule has 3 aromatic carbocycles. The van der Waals surface area contributed by atoms with Crippen LogP contribution in [0.15, 0.2) is 72.3 Å². The van der Waals surface area contributed by atoms with Crippen molar-refractivity contribution in [3.05, 3.63) is 94.3 Å². The lowest BCUT2D eigenvalue weighted by atomic mass is 9.49. The number of methoxy groups -OCH3 is 3. The van der Waals surface area contributed by atoms with Crippen LogP contribution < -0.4 is 14.9 Å². The topological polar surface area (TPSA) is 152 Å². The minimum atomic E-state index is -1.77. The molecule has 3 fully saturated rings. The van der Waals surface area contributed by atoms with Gasteiger partial charge >= 0.3 is 6.09 Å². The summed E-state index contributed by atoms with van der Waals surface area (Å²) in [4.78, 5) is 70.4. The highest BCUT2D eigenvalue weighted by molar-refractivity contribution is 6.30. The number of ether oxygens (including phenoxy) is 3. The molecule has 12 nitrogen and oxygen atoms in total. The zero-order valence-electron chi connectivity index (χ0n) is 27.0. The molecule has 1 saturated carbocycles. The molecule has 2 N–H and O–H groups in total. The summed E-state index contributed by atoms with van der Waals surface area (Å²) < 4.78 is 29.8. The second-order valence-electron chi connectivity index (χ2n) is 12.6. The Morgan fingerprint density at radius 2 is 1.64 bits per heavy atom. The summed E-state index contributed by atoms with van der Waals surface area (Å²) in [6.07, 6.45) is 0.597. The number of likely N-dealkylation sites (tertiary alicyclic amines) is 1. The number of hydrazine groups is 1. The molecule has 0 radical (unpaired) electrons. The number of hydrogen-bond donors (Lipinski definition) is 2. The highest BCUT2D eigenvalue weighted by Gasteiger charge is 2.71. The Morgan fingerprint density at radius 1 is 0.940 bits per heavy atom. The quantitative estimate of drug-likeness (QED) is 0.267. The number of benzene rings is 3. The first-order valence-electron chi connectivity index (χ1n) is 15.7. The number of anilines is 1. The van der Waals surface area contributed by atoms with Gasteiger partial charge < -0.3 is 19.3 Å². The third-order valence-electron chi connectivity index (χ3n) is 10.5. The minimum absolute atomic E-state index is 0.0331. The van der Waals surface area contributed by atoms with Crippen LogP contribution in [0.2, 0.25) is 5.02 Å². The number of phenols is 1. The van der Waals surface area contributed by atoms with Crippen LogP contribution in [0, 0.1) is 29.5 Å². The maximum Gasteiger partial charge on any atom is 0.423 e. The molecule has 5 amide bonds. The number of allylic oxidation sites excluding steroid dienone is 2. The summed E-state index contributed by atoms with van der Waals surface area (Å²) in [6, 6.07) is 14.4. The summed E-state index contributed by atoms with van der Waals surface area (Å²) in [6.45, 7) is 0.